The molecule has 0 amide bonds. The Balaban J connectivity index is 2.12. The predicted octanol–water partition coefficient (Wildman–Crippen LogP) is 2.03. The molecule has 0 aliphatic carbocycles. The van der Waals surface area contributed by atoms with Gasteiger partial charge in [0.1, 0.15) is 0 Å². The Morgan fingerprint density at radius 1 is 1.18 bits per heavy atom. The van der Waals surface area contributed by atoms with Crippen LogP contribution in [-0.4, -0.2) is 27.0 Å². The minimum absolute atomic E-state index is 0.368. The highest BCUT2D eigenvalue weighted by Crippen LogP contribution is 2.21. The van der Waals surface area contributed by atoms with Crippen molar-refractivity contribution in [1.29, 1.82) is 0 Å². The fraction of sp³-hybridized carbons (Fsp3) is 0.0833. The highest BCUT2D eigenvalue weighted by molar-refractivity contribution is 5.80. The Hall–Kier alpha value is -2.43. The third-order valence-corrected chi connectivity index (χ3v) is 2.53. The molecule has 1 aromatic carbocycles. The van der Waals surface area contributed by atoms with Crippen LogP contribution >= 0.6 is 0 Å². The summed E-state index contributed by atoms with van der Waals surface area (Å²) in [5.41, 5.74) is 3.76. The van der Waals surface area contributed by atoms with Gasteiger partial charge in [-0.15, -0.1) is 0 Å². The van der Waals surface area contributed by atoms with Gasteiger partial charge in [-0.1, -0.05) is 6.07 Å². The molecule has 0 fully saturated rings. The van der Waals surface area contributed by atoms with Crippen LogP contribution in [0.1, 0.15) is 0 Å². The van der Waals surface area contributed by atoms with Crippen LogP contribution < -0.4 is 4.74 Å². The monoisotopic (exact) mass is 226 g/mol. The number of nitrogens with one attached hydrogen (secondary N) is 1. The van der Waals surface area contributed by atoms with Crippen LogP contribution in [-0.2, 0) is 0 Å². The molecule has 0 radical (unpaired) electrons. The zero-order valence-electron chi connectivity index (χ0n) is 9.21. The normalized spacial score (nSPS) is 10.6. The molecule has 5 nitrogen and oxygen atoms in total. The SMILES string of the molecule is COc1nccc(-c2ccc3nc[nH]c3c2)n1. The van der Waals surface area contributed by atoms with Crippen molar-refractivity contribution in [2.24, 2.45) is 0 Å². The van der Waals surface area contributed by atoms with Crippen molar-refractivity contribution >= 4 is 11.0 Å². The first-order chi connectivity index (χ1) is 8.36. The molecule has 5 heteroatoms. The molecule has 3 aromatic rings. The summed E-state index contributed by atoms with van der Waals surface area (Å²) < 4.78 is 5.01. The van der Waals surface area contributed by atoms with Gasteiger partial charge >= 0.3 is 6.01 Å². The van der Waals surface area contributed by atoms with Crippen LogP contribution in [0.2, 0.25) is 0 Å². The summed E-state index contributed by atoms with van der Waals surface area (Å²) in [4.78, 5) is 15.5. The smallest absolute Gasteiger partial charge is 0.316 e. The molecule has 0 unspecified atom stereocenters. The van der Waals surface area contributed by atoms with Crippen LogP contribution in [0.25, 0.3) is 22.3 Å². The van der Waals surface area contributed by atoms with E-state index in [9.17, 15) is 0 Å². The van der Waals surface area contributed by atoms with Crippen LogP contribution in [0, 0.1) is 0 Å². The van der Waals surface area contributed by atoms with Crippen molar-refractivity contribution in [3.8, 4) is 17.3 Å². The molecule has 17 heavy (non-hydrogen) atoms. The maximum atomic E-state index is 5.01. The van der Waals surface area contributed by atoms with Crippen molar-refractivity contribution in [2.75, 3.05) is 7.11 Å². The first kappa shape index (κ1) is 9.77. The van der Waals surface area contributed by atoms with E-state index in [1.165, 1.54) is 0 Å². The van der Waals surface area contributed by atoms with Gasteiger partial charge in [-0.25, -0.2) is 9.97 Å². The van der Waals surface area contributed by atoms with E-state index in [2.05, 4.69) is 19.9 Å². The largest absolute Gasteiger partial charge is 0.467 e. The lowest BCUT2D eigenvalue weighted by molar-refractivity contribution is 0.380. The molecule has 3 rings (SSSR count). The molecule has 0 atom stereocenters. The standard InChI is InChI=1S/C12H10N4O/c1-17-12-13-5-4-9(16-12)8-2-3-10-11(6-8)15-7-14-10/h2-7H,1H3,(H,14,15). The van der Waals surface area contributed by atoms with Gasteiger partial charge in [-0.05, 0) is 18.2 Å². The number of imidazole rings is 1. The van der Waals surface area contributed by atoms with E-state index in [-0.39, 0.29) is 0 Å². The van der Waals surface area contributed by atoms with E-state index in [0.717, 1.165) is 22.3 Å². The lowest BCUT2D eigenvalue weighted by atomic mass is 10.1. The van der Waals surface area contributed by atoms with Crippen LogP contribution in [0.5, 0.6) is 6.01 Å². The quantitative estimate of drug-likeness (QED) is 0.726. The van der Waals surface area contributed by atoms with Crippen molar-refractivity contribution in [1.82, 2.24) is 19.9 Å². The van der Waals surface area contributed by atoms with Gasteiger partial charge < -0.3 is 9.72 Å². The van der Waals surface area contributed by atoms with Crippen molar-refractivity contribution in [3.63, 3.8) is 0 Å². The first-order valence-corrected chi connectivity index (χ1v) is 5.17. The molecule has 2 heterocycles. The molecule has 0 bridgehead atoms. The minimum atomic E-state index is 0.368. The molecule has 0 aliphatic rings. The Morgan fingerprint density at radius 2 is 2.12 bits per heavy atom. The lowest BCUT2D eigenvalue weighted by Gasteiger charge is -2.02. The summed E-state index contributed by atoms with van der Waals surface area (Å²) in [5, 5.41) is 0. The number of fused-ring (bicyclic) bond motifs is 1. The molecule has 1 N–H and O–H groups in total. The minimum Gasteiger partial charge on any atom is -0.467 e. The molecule has 0 saturated heterocycles. The number of benzene rings is 1. The topological polar surface area (TPSA) is 63.7 Å². The van der Waals surface area contributed by atoms with Crippen LogP contribution in [0.4, 0.5) is 0 Å². The zero-order chi connectivity index (χ0) is 11.7. The average molecular weight is 226 g/mol. The second-order valence-electron chi connectivity index (χ2n) is 3.56. The Morgan fingerprint density at radius 3 is 3.00 bits per heavy atom. The summed E-state index contributed by atoms with van der Waals surface area (Å²) in [5.74, 6) is 0. The predicted molar refractivity (Wildman–Crippen MR) is 63.7 cm³/mol. The second-order valence-corrected chi connectivity index (χ2v) is 3.56. The van der Waals surface area contributed by atoms with Gasteiger partial charge in [-0.3, -0.25) is 0 Å². The highest BCUT2D eigenvalue weighted by atomic mass is 16.5. The van der Waals surface area contributed by atoms with Gasteiger partial charge in [0.2, 0.25) is 0 Å². The maximum absolute atomic E-state index is 5.01. The fourth-order valence-electron chi connectivity index (χ4n) is 1.69. The average Bonchev–Trinajstić information content (AvgIpc) is 2.86. The molecular formula is C12H10N4O. The van der Waals surface area contributed by atoms with Gasteiger partial charge in [0.25, 0.3) is 0 Å². The van der Waals surface area contributed by atoms with E-state index in [1.54, 1.807) is 19.6 Å². The van der Waals surface area contributed by atoms with Crippen molar-refractivity contribution in [3.05, 3.63) is 36.8 Å². The van der Waals surface area contributed by atoms with Gasteiger partial charge in [0.15, 0.2) is 0 Å². The lowest BCUT2D eigenvalue weighted by Crippen LogP contribution is -1.92. The molecule has 2 aromatic heterocycles. The second kappa shape index (κ2) is 3.86. The Labute approximate surface area is 97.5 Å². The van der Waals surface area contributed by atoms with E-state index >= 15 is 0 Å². The zero-order valence-corrected chi connectivity index (χ0v) is 9.21. The van der Waals surface area contributed by atoms with E-state index in [1.807, 2.05) is 24.3 Å². The number of methoxy groups -OCH3 is 1. The molecular weight excluding hydrogens is 216 g/mol. The Bertz CT molecular complexity index is 662. The summed E-state index contributed by atoms with van der Waals surface area (Å²) in [7, 11) is 1.55. The number of ether oxygens (including phenoxy) is 1. The summed E-state index contributed by atoms with van der Waals surface area (Å²) in [6, 6.07) is 8.15. The molecule has 0 saturated carbocycles. The van der Waals surface area contributed by atoms with Gasteiger partial charge in [-0.2, -0.15) is 4.98 Å². The molecule has 0 aliphatic heterocycles. The number of aromatic nitrogens is 4. The van der Waals surface area contributed by atoms with Gasteiger partial charge in [0.05, 0.1) is 30.2 Å². The van der Waals surface area contributed by atoms with Crippen molar-refractivity contribution < 1.29 is 4.74 Å². The third kappa shape index (κ3) is 1.71. The molecule has 0 spiro atoms. The number of rotatable bonds is 2. The Kier molecular flexibility index (Phi) is 2.22. The summed E-state index contributed by atoms with van der Waals surface area (Å²) >= 11 is 0. The summed E-state index contributed by atoms with van der Waals surface area (Å²) in [6.45, 7) is 0. The number of H-pyrrole nitrogens is 1. The first-order valence-electron chi connectivity index (χ1n) is 5.17. The molecule has 84 valence electrons. The number of nitrogens with zero attached hydrogens (tertiary/aromatic N) is 3. The highest BCUT2D eigenvalue weighted by Gasteiger charge is 2.04. The van der Waals surface area contributed by atoms with E-state index in [4.69, 9.17) is 4.74 Å². The van der Waals surface area contributed by atoms with Gasteiger partial charge in [0, 0.05) is 11.8 Å². The van der Waals surface area contributed by atoms with E-state index in [0.29, 0.717) is 6.01 Å². The number of hydrogen-bond acceptors (Lipinski definition) is 4. The van der Waals surface area contributed by atoms with E-state index < -0.39 is 0 Å². The van der Waals surface area contributed by atoms with Crippen LogP contribution in [0.15, 0.2) is 36.8 Å². The van der Waals surface area contributed by atoms with Crippen molar-refractivity contribution in [2.45, 2.75) is 0 Å². The van der Waals surface area contributed by atoms with Crippen LogP contribution in [0.3, 0.4) is 0 Å². The fourth-order valence-corrected chi connectivity index (χ4v) is 1.69. The number of aromatic amines is 1. The maximum Gasteiger partial charge on any atom is 0.316 e. The summed E-state index contributed by atoms with van der Waals surface area (Å²) in [6.07, 6.45) is 3.35. The third-order valence-electron chi connectivity index (χ3n) is 2.53. The number of hydrogen-bond donors (Lipinski definition) is 1.